The minimum absolute atomic E-state index is 0.279. The number of hydrogen-bond donors (Lipinski definition) is 3. The number of nitrogens with one attached hydrogen (secondary N) is 1. The molecule has 0 aliphatic carbocycles. The zero-order valence-electron chi connectivity index (χ0n) is 12.4. The molecule has 0 aliphatic heterocycles. The van der Waals surface area contributed by atoms with Crippen molar-refractivity contribution < 1.29 is 17.9 Å². The Bertz CT molecular complexity index is 475. The topological polar surface area (TPSA) is 73.3 Å². The second-order valence-corrected chi connectivity index (χ2v) is 5.56. The first-order chi connectivity index (χ1) is 9.60. The van der Waals surface area contributed by atoms with E-state index < -0.39 is 17.8 Å². The molecule has 1 unspecified atom stereocenters. The van der Waals surface area contributed by atoms with Crippen LogP contribution in [0.5, 0.6) is 0 Å². The smallest absolute Gasteiger partial charge is 0.398 e. The molecule has 1 aromatic rings. The third kappa shape index (κ3) is 4.87. The maximum atomic E-state index is 12.8. The zero-order chi connectivity index (χ0) is 16.3. The number of rotatable bonds is 6. The molecule has 0 aliphatic rings. The fraction of sp³-hybridized carbons (Fsp3) is 0.571. The third-order valence-electron chi connectivity index (χ3n) is 3.58. The van der Waals surface area contributed by atoms with E-state index in [1.54, 1.807) is 7.11 Å². The Labute approximate surface area is 122 Å². The molecule has 5 N–H and O–H groups in total. The molecular formula is C14H22F3N3O. The molecule has 21 heavy (non-hydrogen) atoms. The van der Waals surface area contributed by atoms with Crippen molar-refractivity contribution in [1.29, 1.82) is 0 Å². The molecule has 0 saturated carbocycles. The van der Waals surface area contributed by atoms with Crippen LogP contribution in [0.15, 0.2) is 18.2 Å². The summed E-state index contributed by atoms with van der Waals surface area (Å²) in [5.41, 5.74) is 7.82. The summed E-state index contributed by atoms with van der Waals surface area (Å²) in [6.45, 7) is 3.80. The quantitative estimate of drug-likeness (QED) is 0.429. The van der Waals surface area contributed by atoms with Gasteiger partial charge in [0.1, 0.15) is 0 Å². The van der Waals surface area contributed by atoms with Crippen molar-refractivity contribution in [2.75, 3.05) is 12.8 Å². The van der Waals surface area contributed by atoms with Gasteiger partial charge in [-0.1, -0.05) is 0 Å². The van der Waals surface area contributed by atoms with Crippen molar-refractivity contribution in [2.24, 2.45) is 5.84 Å². The second kappa shape index (κ2) is 6.64. The van der Waals surface area contributed by atoms with Gasteiger partial charge in [0.15, 0.2) is 0 Å². The average Bonchev–Trinajstić information content (AvgIpc) is 2.40. The number of methoxy groups -OCH3 is 1. The number of halogens is 3. The van der Waals surface area contributed by atoms with Gasteiger partial charge in [0.25, 0.3) is 0 Å². The Balaban J connectivity index is 3.00. The summed E-state index contributed by atoms with van der Waals surface area (Å²) in [4.78, 5) is 0. The highest BCUT2D eigenvalue weighted by molar-refractivity contribution is 5.50. The highest BCUT2D eigenvalue weighted by Crippen LogP contribution is 2.34. The molecule has 1 atom stereocenters. The number of ether oxygens (including phenoxy) is 1. The summed E-state index contributed by atoms with van der Waals surface area (Å²) < 4.78 is 43.6. The van der Waals surface area contributed by atoms with Crippen LogP contribution in [0.2, 0.25) is 0 Å². The van der Waals surface area contributed by atoms with Crippen LogP contribution >= 0.6 is 0 Å². The molecule has 0 saturated heterocycles. The summed E-state index contributed by atoms with van der Waals surface area (Å²) >= 11 is 0. The molecule has 0 spiro atoms. The lowest BCUT2D eigenvalue weighted by Crippen LogP contribution is -2.31. The van der Waals surface area contributed by atoms with Crippen LogP contribution in [0.1, 0.15) is 43.9 Å². The number of nitrogen functional groups attached to an aromatic ring is 1. The fourth-order valence-corrected chi connectivity index (χ4v) is 1.98. The van der Waals surface area contributed by atoms with E-state index in [0.29, 0.717) is 18.4 Å². The Kier molecular flexibility index (Phi) is 5.61. The third-order valence-corrected chi connectivity index (χ3v) is 3.58. The monoisotopic (exact) mass is 305 g/mol. The molecule has 0 heterocycles. The van der Waals surface area contributed by atoms with Gasteiger partial charge in [-0.15, -0.1) is 0 Å². The van der Waals surface area contributed by atoms with Gasteiger partial charge in [0.2, 0.25) is 0 Å². The van der Waals surface area contributed by atoms with Gasteiger partial charge in [0.05, 0.1) is 11.2 Å². The van der Waals surface area contributed by atoms with Crippen LogP contribution in [0.3, 0.4) is 0 Å². The summed E-state index contributed by atoms with van der Waals surface area (Å²) in [6, 6.07) is 2.79. The number of nitrogens with two attached hydrogens (primary N) is 2. The Morgan fingerprint density at radius 3 is 2.38 bits per heavy atom. The number of alkyl halides is 3. The molecule has 4 nitrogen and oxygen atoms in total. The van der Waals surface area contributed by atoms with E-state index in [2.05, 4.69) is 5.43 Å². The Hall–Kier alpha value is -1.31. The first-order valence-corrected chi connectivity index (χ1v) is 6.58. The minimum atomic E-state index is -4.41. The second-order valence-electron chi connectivity index (χ2n) is 5.56. The lowest BCUT2D eigenvalue weighted by Gasteiger charge is -2.26. The van der Waals surface area contributed by atoms with E-state index >= 15 is 0 Å². The van der Waals surface area contributed by atoms with Crippen molar-refractivity contribution in [2.45, 2.75) is 44.5 Å². The van der Waals surface area contributed by atoms with E-state index in [4.69, 9.17) is 16.3 Å². The highest BCUT2D eigenvalue weighted by Gasteiger charge is 2.32. The predicted molar refractivity (Wildman–Crippen MR) is 76.2 cm³/mol. The SMILES string of the molecule is COC(C)(C)CCC(NN)c1cc(C(F)(F)F)ccc1N. The predicted octanol–water partition coefficient (Wildman–Crippen LogP) is 3.00. The molecule has 0 aromatic heterocycles. The number of hydrazine groups is 1. The molecule has 7 heteroatoms. The number of benzene rings is 1. The molecule has 0 amide bonds. The summed E-state index contributed by atoms with van der Waals surface area (Å²) in [6.07, 6.45) is -3.29. The lowest BCUT2D eigenvalue weighted by molar-refractivity contribution is -0.137. The van der Waals surface area contributed by atoms with Crippen LogP contribution in [-0.4, -0.2) is 12.7 Å². The van der Waals surface area contributed by atoms with E-state index in [9.17, 15) is 13.2 Å². The van der Waals surface area contributed by atoms with Gasteiger partial charge in [-0.3, -0.25) is 11.3 Å². The normalized spacial score (nSPS) is 14.2. The van der Waals surface area contributed by atoms with Crippen LogP contribution < -0.4 is 17.0 Å². The maximum absolute atomic E-state index is 12.8. The Morgan fingerprint density at radius 2 is 1.90 bits per heavy atom. The summed E-state index contributed by atoms with van der Waals surface area (Å²) in [5.74, 6) is 5.48. The minimum Gasteiger partial charge on any atom is -0.398 e. The van der Waals surface area contributed by atoms with Gasteiger partial charge < -0.3 is 10.5 Å². The van der Waals surface area contributed by atoms with Gasteiger partial charge in [0, 0.05) is 18.8 Å². The van der Waals surface area contributed by atoms with Gasteiger partial charge in [-0.2, -0.15) is 13.2 Å². The molecule has 0 fully saturated rings. The number of hydrogen-bond acceptors (Lipinski definition) is 4. The highest BCUT2D eigenvalue weighted by atomic mass is 19.4. The van der Waals surface area contributed by atoms with Gasteiger partial charge in [-0.25, -0.2) is 0 Å². The zero-order valence-corrected chi connectivity index (χ0v) is 12.4. The van der Waals surface area contributed by atoms with E-state index in [1.807, 2.05) is 13.8 Å². The molecule has 0 radical (unpaired) electrons. The maximum Gasteiger partial charge on any atom is 0.416 e. The lowest BCUT2D eigenvalue weighted by atomic mass is 9.93. The molecule has 0 bridgehead atoms. The standard InChI is InChI=1S/C14H22F3N3O/c1-13(2,21-3)7-6-12(20-19)10-8-9(14(15,16)17)4-5-11(10)18/h4-5,8,12,20H,6-7,18-19H2,1-3H3. The Morgan fingerprint density at radius 1 is 1.29 bits per heavy atom. The van der Waals surface area contributed by atoms with E-state index in [0.717, 1.165) is 12.1 Å². The van der Waals surface area contributed by atoms with Crippen LogP contribution in [0, 0.1) is 0 Å². The van der Waals surface area contributed by atoms with Crippen molar-refractivity contribution in [3.05, 3.63) is 29.3 Å². The van der Waals surface area contributed by atoms with Crippen molar-refractivity contribution in [3.8, 4) is 0 Å². The van der Waals surface area contributed by atoms with Crippen molar-refractivity contribution in [1.82, 2.24) is 5.43 Å². The average molecular weight is 305 g/mol. The summed E-state index contributed by atoms with van der Waals surface area (Å²) in [5, 5.41) is 0. The molecule has 1 aromatic carbocycles. The molecule has 120 valence electrons. The van der Waals surface area contributed by atoms with E-state index in [-0.39, 0.29) is 11.3 Å². The largest absolute Gasteiger partial charge is 0.416 e. The first kappa shape index (κ1) is 17.7. The van der Waals surface area contributed by atoms with E-state index in [1.165, 1.54) is 6.07 Å². The van der Waals surface area contributed by atoms with Crippen LogP contribution in [0.25, 0.3) is 0 Å². The fourth-order valence-electron chi connectivity index (χ4n) is 1.98. The van der Waals surface area contributed by atoms with Crippen LogP contribution in [0.4, 0.5) is 18.9 Å². The summed E-state index contributed by atoms with van der Waals surface area (Å²) in [7, 11) is 1.59. The number of anilines is 1. The van der Waals surface area contributed by atoms with Gasteiger partial charge in [-0.05, 0) is 50.5 Å². The van der Waals surface area contributed by atoms with Crippen molar-refractivity contribution in [3.63, 3.8) is 0 Å². The van der Waals surface area contributed by atoms with Crippen LogP contribution in [-0.2, 0) is 10.9 Å². The first-order valence-electron chi connectivity index (χ1n) is 6.58. The molecular weight excluding hydrogens is 283 g/mol. The molecule has 1 rings (SSSR count). The van der Waals surface area contributed by atoms with Gasteiger partial charge >= 0.3 is 6.18 Å². The van der Waals surface area contributed by atoms with Crippen molar-refractivity contribution >= 4 is 5.69 Å².